The van der Waals surface area contributed by atoms with Gasteiger partial charge in [-0.2, -0.15) is 0 Å². The van der Waals surface area contributed by atoms with E-state index >= 15 is 0 Å². The average molecular weight is 204 g/mol. The molecule has 0 bridgehead atoms. The molecule has 2 rings (SSSR count). The summed E-state index contributed by atoms with van der Waals surface area (Å²) < 4.78 is 0. The number of hydrogen-bond acceptors (Lipinski definition) is 2. The molecule has 82 valence electrons. The van der Waals surface area contributed by atoms with E-state index in [9.17, 15) is 0 Å². The minimum Gasteiger partial charge on any atom is -0.371 e. The second-order valence-electron chi connectivity index (χ2n) is 4.37. The predicted molar refractivity (Wildman–Crippen MR) is 65.1 cm³/mol. The lowest BCUT2D eigenvalue weighted by Gasteiger charge is -2.24. The molecular weight excluding hydrogens is 184 g/mol. The third-order valence-electron chi connectivity index (χ3n) is 2.93. The summed E-state index contributed by atoms with van der Waals surface area (Å²) in [4.78, 5) is 2.48. The molecule has 15 heavy (non-hydrogen) atoms. The van der Waals surface area contributed by atoms with Crippen LogP contribution in [0.5, 0.6) is 0 Å². The molecule has 0 aliphatic heterocycles. The van der Waals surface area contributed by atoms with Crippen molar-refractivity contribution in [3.05, 3.63) is 30.3 Å². The van der Waals surface area contributed by atoms with Crippen LogP contribution in [0.1, 0.15) is 19.3 Å². The Labute approximate surface area is 92.1 Å². The van der Waals surface area contributed by atoms with Crippen molar-refractivity contribution in [1.29, 1.82) is 0 Å². The van der Waals surface area contributed by atoms with Crippen molar-refractivity contribution >= 4 is 5.69 Å². The molecule has 1 saturated carbocycles. The molecule has 0 spiro atoms. The Balaban J connectivity index is 1.96. The van der Waals surface area contributed by atoms with Gasteiger partial charge in [0.1, 0.15) is 0 Å². The highest BCUT2D eigenvalue weighted by Gasteiger charge is 2.24. The van der Waals surface area contributed by atoms with E-state index in [1.54, 1.807) is 0 Å². The van der Waals surface area contributed by atoms with Gasteiger partial charge in [-0.3, -0.25) is 0 Å². The highest BCUT2D eigenvalue weighted by atomic mass is 15.1. The fourth-order valence-electron chi connectivity index (χ4n) is 1.86. The lowest BCUT2D eigenvalue weighted by atomic mass is 10.2. The zero-order valence-electron chi connectivity index (χ0n) is 9.23. The summed E-state index contributed by atoms with van der Waals surface area (Å²) in [5.41, 5.74) is 6.92. The zero-order chi connectivity index (χ0) is 10.5. The van der Waals surface area contributed by atoms with E-state index in [1.807, 2.05) is 0 Å². The van der Waals surface area contributed by atoms with Gasteiger partial charge in [0.2, 0.25) is 0 Å². The molecule has 1 aliphatic rings. The van der Waals surface area contributed by atoms with Gasteiger partial charge in [0.15, 0.2) is 0 Å². The molecule has 1 aliphatic carbocycles. The standard InChI is InChI=1S/C13H20N2/c14-9-4-10-15(11-12-7-8-12)13-5-2-1-3-6-13/h1-3,5-6,12H,4,7-11,14H2. The SMILES string of the molecule is NCCCN(CC1CC1)c1ccccc1. The van der Waals surface area contributed by atoms with Gasteiger partial charge < -0.3 is 10.6 Å². The van der Waals surface area contributed by atoms with Crippen LogP contribution < -0.4 is 10.6 Å². The summed E-state index contributed by atoms with van der Waals surface area (Å²) in [7, 11) is 0. The van der Waals surface area contributed by atoms with Gasteiger partial charge in [0, 0.05) is 18.8 Å². The molecule has 0 radical (unpaired) electrons. The number of nitrogens with zero attached hydrogens (tertiary/aromatic N) is 1. The van der Waals surface area contributed by atoms with Crippen molar-refractivity contribution in [2.75, 3.05) is 24.5 Å². The largest absolute Gasteiger partial charge is 0.371 e. The Morgan fingerprint density at radius 3 is 2.53 bits per heavy atom. The summed E-state index contributed by atoms with van der Waals surface area (Å²) in [5.74, 6) is 0.933. The van der Waals surface area contributed by atoms with Crippen LogP contribution >= 0.6 is 0 Å². The topological polar surface area (TPSA) is 29.3 Å². The van der Waals surface area contributed by atoms with Crippen LogP contribution in [0.2, 0.25) is 0 Å². The molecule has 0 saturated heterocycles. The maximum Gasteiger partial charge on any atom is 0.0366 e. The lowest BCUT2D eigenvalue weighted by Crippen LogP contribution is -2.28. The molecule has 2 heteroatoms. The predicted octanol–water partition coefficient (Wildman–Crippen LogP) is 2.25. The molecular formula is C13H20N2. The maximum atomic E-state index is 5.57. The smallest absolute Gasteiger partial charge is 0.0366 e. The number of nitrogens with two attached hydrogens (primary N) is 1. The van der Waals surface area contributed by atoms with Gasteiger partial charge in [-0.05, 0) is 43.9 Å². The molecule has 0 unspecified atom stereocenters. The van der Waals surface area contributed by atoms with Crippen molar-refractivity contribution in [1.82, 2.24) is 0 Å². The second kappa shape index (κ2) is 5.17. The van der Waals surface area contributed by atoms with Gasteiger partial charge in [-0.25, -0.2) is 0 Å². The summed E-state index contributed by atoms with van der Waals surface area (Å²) in [6, 6.07) is 10.7. The average Bonchev–Trinajstić information content (AvgIpc) is 3.09. The lowest BCUT2D eigenvalue weighted by molar-refractivity contribution is 0.691. The fourth-order valence-corrected chi connectivity index (χ4v) is 1.86. The molecule has 0 atom stereocenters. The van der Waals surface area contributed by atoms with Crippen molar-refractivity contribution in [3.63, 3.8) is 0 Å². The molecule has 0 aromatic heterocycles. The first-order valence-electron chi connectivity index (χ1n) is 5.90. The van der Waals surface area contributed by atoms with Crippen LogP contribution in [-0.2, 0) is 0 Å². The Bertz CT molecular complexity index is 280. The fraction of sp³-hybridized carbons (Fsp3) is 0.538. The van der Waals surface area contributed by atoms with E-state index in [4.69, 9.17) is 5.73 Å². The first-order valence-corrected chi connectivity index (χ1v) is 5.90. The Kier molecular flexibility index (Phi) is 3.62. The van der Waals surface area contributed by atoms with E-state index in [0.717, 1.165) is 25.4 Å². The molecule has 1 aromatic rings. The quantitative estimate of drug-likeness (QED) is 0.770. The van der Waals surface area contributed by atoms with Crippen LogP contribution in [0.25, 0.3) is 0 Å². The zero-order valence-corrected chi connectivity index (χ0v) is 9.23. The van der Waals surface area contributed by atoms with Crippen molar-refractivity contribution in [2.24, 2.45) is 11.7 Å². The molecule has 2 N–H and O–H groups in total. The van der Waals surface area contributed by atoms with E-state index in [0.29, 0.717) is 0 Å². The van der Waals surface area contributed by atoms with Crippen LogP contribution in [0.4, 0.5) is 5.69 Å². The van der Waals surface area contributed by atoms with Crippen LogP contribution in [0.3, 0.4) is 0 Å². The van der Waals surface area contributed by atoms with Crippen molar-refractivity contribution in [2.45, 2.75) is 19.3 Å². The Morgan fingerprint density at radius 2 is 1.93 bits per heavy atom. The third-order valence-corrected chi connectivity index (χ3v) is 2.93. The second-order valence-corrected chi connectivity index (χ2v) is 4.37. The highest BCUT2D eigenvalue weighted by molar-refractivity contribution is 5.46. The van der Waals surface area contributed by atoms with Gasteiger partial charge in [-0.1, -0.05) is 18.2 Å². The van der Waals surface area contributed by atoms with E-state index in [-0.39, 0.29) is 0 Å². The van der Waals surface area contributed by atoms with E-state index in [1.165, 1.54) is 25.1 Å². The molecule has 1 aromatic carbocycles. The van der Waals surface area contributed by atoms with Crippen LogP contribution in [0, 0.1) is 5.92 Å². The number of para-hydroxylation sites is 1. The monoisotopic (exact) mass is 204 g/mol. The van der Waals surface area contributed by atoms with E-state index < -0.39 is 0 Å². The summed E-state index contributed by atoms with van der Waals surface area (Å²) in [5, 5.41) is 0. The third kappa shape index (κ3) is 3.24. The Morgan fingerprint density at radius 1 is 1.20 bits per heavy atom. The summed E-state index contributed by atoms with van der Waals surface area (Å²) >= 11 is 0. The van der Waals surface area contributed by atoms with Crippen molar-refractivity contribution in [3.8, 4) is 0 Å². The normalized spacial score (nSPS) is 15.3. The summed E-state index contributed by atoms with van der Waals surface area (Å²) in [6.07, 6.45) is 3.90. The van der Waals surface area contributed by atoms with Gasteiger partial charge >= 0.3 is 0 Å². The van der Waals surface area contributed by atoms with Crippen LogP contribution in [-0.4, -0.2) is 19.6 Å². The number of hydrogen-bond donors (Lipinski definition) is 1. The Hall–Kier alpha value is -1.02. The molecule has 2 nitrogen and oxygen atoms in total. The van der Waals surface area contributed by atoms with Crippen LogP contribution in [0.15, 0.2) is 30.3 Å². The molecule has 1 fully saturated rings. The molecule has 0 amide bonds. The highest BCUT2D eigenvalue weighted by Crippen LogP contribution is 2.31. The summed E-state index contributed by atoms with van der Waals surface area (Å²) in [6.45, 7) is 3.09. The van der Waals surface area contributed by atoms with Gasteiger partial charge in [-0.15, -0.1) is 0 Å². The minimum absolute atomic E-state index is 0.786. The number of rotatable bonds is 6. The minimum atomic E-state index is 0.786. The first-order chi connectivity index (χ1) is 7.40. The van der Waals surface area contributed by atoms with Crippen molar-refractivity contribution < 1.29 is 0 Å². The maximum absolute atomic E-state index is 5.57. The molecule has 0 heterocycles. The van der Waals surface area contributed by atoms with Gasteiger partial charge in [0.25, 0.3) is 0 Å². The number of benzene rings is 1. The van der Waals surface area contributed by atoms with E-state index in [2.05, 4.69) is 35.2 Å². The number of anilines is 1. The first kappa shape index (κ1) is 10.5. The van der Waals surface area contributed by atoms with Gasteiger partial charge in [0.05, 0.1) is 0 Å².